The lowest BCUT2D eigenvalue weighted by molar-refractivity contribution is -0.494. The van der Waals surface area contributed by atoms with Gasteiger partial charge >= 0.3 is 0 Å². The molecule has 0 unspecified atom stereocenters. The van der Waals surface area contributed by atoms with Crippen molar-refractivity contribution in [1.29, 1.82) is 0 Å². The fourth-order valence-electron chi connectivity index (χ4n) is 4.28. The number of amides is 2. The van der Waals surface area contributed by atoms with Gasteiger partial charge in [-0.2, -0.15) is 0 Å². The van der Waals surface area contributed by atoms with Gasteiger partial charge in [0.25, 0.3) is 17.6 Å². The van der Waals surface area contributed by atoms with Gasteiger partial charge in [0.15, 0.2) is 19.1 Å². The van der Waals surface area contributed by atoms with E-state index in [-0.39, 0.29) is 29.9 Å². The molecular weight excluding hydrogens is 439 g/mol. The van der Waals surface area contributed by atoms with E-state index in [9.17, 15) is 18.8 Å². The van der Waals surface area contributed by atoms with Crippen molar-refractivity contribution in [2.45, 2.75) is 6.42 Å². The van der Waals surface area contributed by atoms with Crippen molar-refractivity contribution in [3.05, 3.63) is 65.4 Å². The molecule has 4 heterocycles. The highest BCUT2D eigenvalue weighted by Gasteiger charge is 2.32. The standard InChI is InChI=1S/C24H21FN6O3/c1-29-8-7-18(28-29)20-21-19(17(25)14-27-20)16(13-26-21)22(32)24(34)31-11-9-30(10-12-31)23(33)15-5-3-2-4-6-15/h2-6,8,13-14H,7,9-12H2,1H3/p+1. The van der Waals surface area contributed by atoms with Crippen LogP contribution in [0.5, 0.6) is 0 Å². The lowest BCUT2D eigenvalue weighted by Gasteiger charge is -2.34. The molecule has 2 aliphatic heterocycles. The van der Waals surface area contributed by atoms with Crippen LogP contribution in [0, 0.1) is 5.82 Å². The van der Waals surface area contributed by atoms with Crippen molar-refractivity contribution in [2.24, 2.45) is 5.10 Å². The summed E-state index contributed by atoms with van der Waals surface area (Å²) in [5.74, 6) is -2.33. The second-order valence-corrected chi connectivity index (χ2v) is 8.19. The van der Waals surface area contributed by atoms with Gasteiger partial charge in [-0.25, -0.2) is 9.37 Å². The number of halogens is 1. The number of nitrogens with zero attached hydrogens (tertiary/aromatic N) is 5. The maximum atomic E-state index is 14.7. The van der Waals surface area contributed by atoms with Gasteiger partial charge in [0.2, 0.25) is 0 Å². The van der Waals surface area contributed by atoms with Crippen molar-refractivity contribution in [3.63, 3.8) is 0 Å². The first-order valence-corrected chi connectivity index (χ1v) is 10.9. The summed E-state index contributed by atoms with van der Waals surface area (Å²) in [5, 5.41) is 4.37. The number of hydrogen-bond acceptors (Lipinski definition) is 5. The Kier molecular flexibility index (Phi) is 5.48. The van der Waals surface area contributed by atoms with Crippen LogP contribution in [0.2, 0.25) is 0 Å². The monoisotopic (exact) mass is 461 g/mol. The summed E-state index contributed by atoms with van der Waals surface area (Å²) in [6.07, 6.45) is 4.77. The number of pyridine rings is 1. The zero-order chi connectivity index (χ0) is 23.8. The Morgan fingerprint density at radius 2 is 1.76 bits per heavy atom. The number of piperazine rings is 1. The number of fused-ring (bicyclic) bond motifs is 1. The topological polar surface area (TPSA) is 102 Å². The van der Waals surface area contributed by atoms with E-state index in [0.717, 1.165) is 6.20 Å². The summed E-state index contributed by atoms with van der Waals surface area (Å²) in [5.41, 5.74) is 1.94. The molecule has 2 aromatic heterocycles. The number of hydrazone groups is 1. The number of aromatic nitrogens is 2. The quantitative estimate of drug-likeness (QED) is 0.363. The predicted molar refractivity (Wildman–Crippen MR) is 123 cm³/mol. The SMILES string of the molecule is C[N+]1=CCC(c2ncc(F)c3c(C(=O)C(=O)N4CCN(C(=O)c5ccccc5)CC4)c[nH]c23)=N1. The van der Waals surface area contributed by atoms with Gasteiger partial charge in [0.1, 0.15) is 11.4 Å². The lowest BCUT2D eigenvalue weighted by atomic mass is 10.1. The van der Waals surface area contributed by atoms with Crippen LogP contribution in [0.15, 0.2) is 47.8 Å². The molecule has 5 rings (SSSR count). The molecule has 0 radical (unpaired) electrons. The summed E-state index contributed by atoms with van der Waals surface area (Å²) in [7, 11) is 1.78. The summed E-state index contributed by atoms with van der Waals surface area (Å²) < 4.78 is 16.4. The highest BCUT2D eigenvalue weighted by atomic mass is 19.1. The first-order valence-electron chi connectivity index (χ1n) is 10.9. The van der Waals surface area contributed by atoms with Crippen LogP contribution in [0.25, 0.3) is 10.9 Å². The number of ketones is 1. The van der Waals surface area contributed by atoms with Crippen molar-refractivity contribution < 1.29 is 23.5 Å². The van der Waals surface area contributed by atoms with E-state index in [1.807, 2.05) is 12.3 Å². The molecule has 1 N–H and O–H groups in total. The van der Waals surface area contributed by atoms with E-state index in [2.05, 4.69) is 15.1 Å². The number of rotatable bonds is 4. The first kappa shape index (κ1) is 21.6. The van der Waals surface area contributed by atoms with Gasteiger partial charge in [-0.3, -0.25) is 14.4 Å². The molecule has 1 saturated heterocycles. The van der Waals surface area contributed by atoms with Gasteiger partial charge < -0.3 is 14.8 Å². The summed E-state index contributed by atoms with van der Waals surface area (Å²) in [6.45, 7) is 1.07. The van der Waals surface area contributed by atoms with E-state index in [0.29, 0.717) is 42.0 Å². The van der Waals surface area contributed by atoms with Gasteiger partial charge in [0, 0.05) is 37.9 Å². The number of Topliss-reactive ketones (excluding diaryl/α,β-unsaturated/α-hetero) is 1. The van der Waals surface area contributed by atoms with Crippen LogP contribution in [-0.4, -0.2) is 87.2 Å². The van der Waals surface area contributed by atoms with Gasteiger partial charge in [0.05, 0.1) is 29.1 Å². The van der Waals surface area contributed by atoms with Crippen LogP contribution >= 0.6 is 0 Å². The molecule has 34 heavy (non-hydrogen) atoms. The van der Waals surface area contributed by atoms with Crippen molar-refractivity contribution >= 4 is 40.4 Å². The van der Waals surface area contributed by atoms with E-state index < -0.39 is 17.5 Å². The Bertz CT molecular complexity index is 1370. The summed E-state index contributed by atoms with van der Waals surface area (Å²) in [4.78, 5) is 48.8. The van der Waals surface area contributed by atoms with Crippen LogP contribution in [0.3, 0.4) is 0 Å². The van der Waals surface area contributed by atoms with E-state index >= 15 is 0 Å². The minimum Gasteiger partial charge on any atom is -0.359 e. The number of nitrogens with one attached hydrogen (secondary N) is 1. The number of hydrogen-bond donors (Lipinski definition) is 1. The minimum atomic E-state index is -0.804. The molecule has 1 aromatic carbocycles. The fourth-order valence-corrected chi connectivity index (χ4v) is 4.28. The van der Waals surface area contributed by atoms with Crippen LogP contribution in [0.1, 0.15) is 32.8 Å². The fraction of sp³-hybridized carbons (Fsp3) is 0.250. The highest BCUT2D eigenvalue weighted by Crippen LogP contribution is 2.26. The van der Waals surface area contributed by atoms with Crippen molar-refractivity contribution in [2.75, 3.05) is 33.2 Å². The molecule has 10 heteroatoms. The molecule has 172 valence electrons. The van der Waals surface area contributed by atoms with Crippen LogP contribution < -0.4 is 0 Å². The Labute approximate surface area is 194 Å². The van der Waals surface area contributed by atoms with Gasteiger partial charge in [-0.1, -0.05) is 22.9 Å². The second-order valence-electron chi connectivity index (χ2n) is 8.19. The van der Waals surface area contributed by atoms with Crippen LogP contribution in [0.4, 0.5) is 4.39 Å². The molecule has 0 spiro atoms. The third-order valence-corrected chi connectivity index (χ3v) is 6.08. The molecule has 2 aliphatic rings. The maximum absolute atomic E-state index is 14.7. The third kappa shape index (κ3) is 3.76. The Morgan fingerprint density at radius 1 is 1.06 bits per heavy atom. The average Bonchev–Trinajstić information content (AvgIpc) is 3.51. The zero-order valence-electron chi connectivity index (χ0n) is 18.5. The molecule has 0 saturated carbocycles. The molecule has 3 aromatic rings. The molecule has 2 amide bonds. The molecule has 0 bridgehead atoms. The van der Waals surface area contributed by atoms with Gasteiger partial charge in [-0.15, -0.1) is 0 Å². The number of benzene rings is 1. The van der Waals surface area contributed by atoms with Gasteiger partial charge in [-0.05, 0) is 17.2 Å². The largest absolute Gasteiger partial charge is 0.359 e. The number of carbonyl (C=O) groups is 3. The normalized spacial score (nSPS) is 15.9. The smallest absolute Gasteiger partial charge is 0.295 e. The van der Waals surface area contributed by atoms with Crippen molar-refractivity contribution in [1.82, 2.24) is 19.8 Å². The molecular formula is C24H22FN6O3+. The predicted octanol–water partition coefficient (Wildman–Crippen LogP) is 1.69. The van der Waals surface area contributed by atoms with E-state index in [1.165, 1.54) is 11.1 Å². The highest BCUT2D eigenvalue weighted by molar-refractivity contribution is 6.45. The maximum Gasteiger partial charge on any atom is 0.295 e. The van der Waals surface area contributed by atoms with E-state index in [1.54, 1.807) is 40.9 Å². The third-order valence-electron chi connectivity index (χ3n) is 6.08. The number of aromatic amines is 1. The Morgan fingerprint density at radius 3 is 2.44 bits per heavy atom. The van der Waals surface area contributed by atoms with Crippen molar-refractivity contribution in [3.8, 4) is 0 Å². The summed E-state index contributed by atoms with van der Waals surface area (Å²) >= 11 is 0. The minimum absolute atomic E-state index is 0.0264. The Balaban J connectivity index is 1.33. The van der Waals surface area contributed by atoms with E-state index in [4.69, 9.17) is 0 Å². The molecule has 0 atom stereocenters. The lowest BCUT2D eigenvalue weighted by Crippen LogP contribution is -2.52. The average molecular weight is 461 g/mol. The summed E-state index contributed by atoms with van der Waals surface area (Å²) in [6, 6.07) is 8.91. The first-order chi connectivity index (χ1) is 16.4. The number of carbonyl (C=O) groups excluding carboxylic acids is 3. The van der Waals surface area contributed by atoms with Crippen LogP contribution in [-0.2, 0) is 4.79 Å². The Hall–Kier alpha value is -4.21. The zero-order valence-corrected chi connectivity index (χ0v) is 18.5. The molecule has 0 aliphatic carbocycles. The molecule has 9 nitrogen and oxygen atoms in total. The molecule has 1 fully saturated rings. The number of H-pyrrole nitrogens is 1. The second kappa shape index (κ2) is 8.62.